The van der Waals surface area contributed by atoms with Gasteiger partial charge in [0.15, 0.2) is 0 Å². The highest BCUT2D eigenvalue weighted by atomic mass is 16.4. The monoisotopic (exact) mass is 224 g/mol. The number of carbonyl (C=O) groups is 1. The van der Waals surface area contributed by atoms with Gasteiger partial charge in [-0.25, -0.2) is 4.79 Å². The van der Waals surface area contributed by atoms with E-state index in [0.717, 1.165) is 38.2 Å². The highest BCUT2D eigenvalue weighted by Gasteiger charge is 2.17. The summed E-state index contributed by atoms with van der Waals surface area (Å²) in [6, 6.07) is 1.74. The minimum absolute atomic E-state index is 0.0669. The van der Waals surface area contributed by atoms with Crippen LogP contribution in [0.25, 0.3) is 0 Å². The van der Waals surface area contributed by atoms with E-state index >= 15 is 0 Å². The van der Waals surface area contributed by atoms with Gasteiger partial charge < -0.3 is 14.8 Å². The Kier molecular flexibility index (Phi) is 3.58. The lowest BCUT2D eigenvalue weighted by Gasteiger charge is -2.18. The molecule has 2 N–H and O–H groups in total. The summed E-state index contributed by atoms with van der Waals surface area (Å²) in [5, 5.41) is 12.2. The van der Waals surface area contributed by atoms with Gasteiger partial charge in [-0.1, -0.05) is 0 Å². The van der Waals surface area contributed by atoms with Crippen molar-refractivity contribution < 1.29 is 14.3 Å². The summed E-state index contributed by atoms with van der Waals surface area (Å²) >= 11 is 0. The largest absolute Gasteiger partial charge is 0.475 e. The number of hydrogen-bond acceptors (Lipinski definition) is 4. The van der Waals surface area contributed by atoms with Crippen molar-refractivity contribution >= 4 is 5.97 Å². The quantitative estimate of drug-likeness (QED) is 0.794. The van der Waals surface area contributed by atoms with Gasteiger partial charge in [0, 0.05) is 25.2 Å². The number of carboxylic acid groups (broad SMARTS) is 1. The molecule has 0 atom stereocenters. The lowest BCUT2D eigenvalue weighted by Crippen LogP contribution is -2.28. The minimum atomic E-state index is -0.993. The molecule has 1 aromatic heterocycles. The van der Waals surface area contributed by atoms with E-state index in [9.17, 15) is 4.79 Å². The molecule has 5 heteroatoms. The molecule has 0 unspecified atom stereocenters. The Morgan fingerprint density at radius 3 is 3.19 bits per heavy atom. The molecule has 1 saturated heterocycles. The molecule has 0 spiro atoms. The van der Waals surface area contributed by atoms with E-state index in [2.05, 4.69) is 10.2 Å². The number of rotatable bonds is 3. The van der Waals surface area contributed by atoms with Crippen LogP contribution in [0.3, 0.4) is 0 Å². The van der Waals surface area contributed by atoms with Crippen molar-refractivity contribution in [2.45, 2.75) is 13.0 Å². The fourth-order valence-corrected chi connectivity index (χ4v) is 1.95. The Hall–Kier alpha value is -1.33. The van der Waals surface area contributed by atoms with E-state index in [4.69, 9.17) is 9.52 Å². The van der Waals surface area contributed by atoms with Crippen LogP contribution in [0, 0.1) is 0 Å². The Morgan fingerprint density at radius 1 is 1.50 bits per heavy atom. The van der Waals surface area contributed by atoms with Gasteiger partial charge in [-0.2, -0.15) is 0 Å². The molecule has 0 aromatic carbocycles. The van der Waals surface area contributed by atoms with Gasteiger partial charge in [-0.3, -0.25) is 4.90 Å². The van der Waals surface area contributed by atoms with E-state index in [1.54, 1.807) is 6.07 Å². The third kappa shape index (κ3) is 2.62. The fourth-order valence-electron chi connectivity index (χ4n) is 1.95. The van der Waals surface area contributed by atoms with E-state index in [1.807, 2.05) is 0 Å². The molecule has 0 aliphatic carbocycles. The Morgan fingerprint density at radius 2 is 2.38 bits per heavy atom. The summed E-state index contributed by atoms with van der Waals surface area (Å²) in [6.07, 6.45) is 2.54. The second-order valence-corrected chi connectivity index (χ2v) is 3.96. The van der Waals surface area contributed by atoms with Crippen molar-refractivity contribution in [2.75, 3.05) is 26.2 Å². The molecule has 16 heavy (non-hydrogen) atoms. The SMILES string of the molecule is O=C(O)c1occc1CN1CCCNCC1. The van der Waals surface area contributed by atoms with Crippen molar-refractivity contribution in [3.8, 4) is 0 Å². The van der Waals surface area contributed by atoms with Gasteiger partial charge in [-0.15, -0.1) is 0 Å². The third-order valence-electron chi connectivity index (χ3n) is 2.77. The molecule has 88 valence electrons. The van der Waals surface area contributed by atoms with Crippen molar-refractivity contribution in [2.24, 2.45) is 0 Å². The fraction of sp³-hybridized carbons (Fsp3) is 0.545. The molecule has 0 radical (unpaired) electrons. The zero-order valence-corrected chi connectivity index (χ0v) is 9.11. The van der Waals surface area contributed by atoms with Gasteiger partial charge in [0.2, 0.25) is 5.76 Å². The standard InChI is InChI=1S/C11H16N2O3/c14-11(15)10-9(2-7-16-10)8-13-5-1-3-12-4-6-13/h2,7,12H,1,3-6,8H2,(H,14,15). The Labute approximate surface area is 94.0 Å². The molecular weight excluding hydrogens is 208 g/mol. The predicted molar refractivity (Wildman–Crippen MR) is 58.4 cm³/mol. The third-order valence-corrected chi connectivity index (χ3v) is 2.77. The molecule has 5 nitrogen and oxygen atoms in total. The maximum absolute atomic E-state index is 10.9. The molecule has 1 aromatic rings. The van der Waals surface area contributed by atoms with Crippen molar-refractivity contribution in [1.82, 2.24) is 10.2 Å². The summed E-state index contributed by atoms with van der Waals surface area (Å²) in [5.74, 6) is -0.926. The zero-order chi connectivity index (χ0) is 11.4. The first-order valence-corrected chi connectivity index (χ1v) is 5.50. The zero-order valence-electron chi connectivity index (χ0n) is 9.11. The van der Waals surface area contributed by atoms with E-state index in [1.165, 1.54) is 6.26 Å². The molecule has 1 aliphatic rings. The van der Waals surface area contributed by atoms with Gasteiger partial charge in [0.05, 0.1) is 6.26 Å². The number of furan rings is 1. The van der Waals surface area contributed by atoms with E-state index in [0.29, 0.717) is 6.54 Å². The van der Waals surface area contributed by atoms with Crippen LogP contribution in [0.2, 0.25) is 0 Å². The second-order valence-electron chi connectivity index (χ2n) is 3.96. The average molecular weight is 224 g/mol. The van der Waals surface area contributed by atoms with Crippen LogP contribution >= 0.6 is 0 Å². The second kappa shape index (κ2) is 5.14. The maximum atomic E-state index is 10.9. The first kappa shape index (κ1) is 11.2. The van der Waals surface area contributed by atoms with Crippen molar-refractivity contribution in [3.05, 3.63) is 23.7 Å². The predicted octanol–water partition coefficient (Wildman–Crippen LogP) is 0.773. The summed E-state index contributed by atoms with van der Waals surface area (Å²) < 4.78 is 4.96. The lowest BCUT2D eigenvalue weighted by atomic mass is 10.2. The Balaban J connectivity index is 2.01. The summed E-state index contributed by atoms with van der Waals surface area (Å²) in [4.78, 5) is 13.1. The molecule has 2 rings (SSSR count). The molecule has 1 fully saturated rings. The van der Waals surface area contributed by atoms with Gasteiger partial charge in [-0.05, 0) is 25.6 Å². The van der Waals surface area contributed by atoms with E-state index < -0.39 is 5.97 Å². The van der Waals surface area contributed by atoms with Crippen LogP contribution in [0.15, 0.2) is 16.7 Å². The smallest absolute Gasteiger partial charge is 0.372 e. The lowest BCUT2D eigenvalue weighted by molar-refractivity contribution is 0.0659. The van der Waals surface area contributed by atoms with Gasteiger partial charge in [0.1, 0.15) is 0 Å². The van der Waals surface area contributed by atoms with E-state index in [-0.39, 0.29) is 5.76 Å². The van der Waals surface area contributed by atoms with Crippen LogP contribution in [-0.4, -0.2) is 42.2 Å². The molecule has 2 heterocycles. The van der Waals surface area contributed by atoms with Crippen LogP contribution < -0.4 is 5.32 Å². The van der Waals surface area contributed by atoms with Crippen molar-refractivity contribution in [1.29, 1.82) is 0 Å². The number of hydrogen-bond donors (Lipinski definition) is 2. The number of aromatic carboxylic acids is 1. The number of nitrogens with one attached hydrogen (secondary N) is 1. The number of carboxylic acids is 1. The topological polar surface area (TPSA) is 65.7 Å². The van der Waals surface area contributed by atoms with Crippen LogP contribution in [0.1, 0.15) is 22.5 Å². The van der Waals surface area contributed by atoms with Crippen LogP contribution in [-0.2, 0) is 6.54 Å². The normalized spacial score (nSPS) is 18.2. The highest BCUT2D eigenvalue weighted by Crippen LogP contribution is 2.13. The minimum Gasteiger partial charge on any atom is -0.475 e. The number of nitrogens with zero attached hydrogens (tertiary/aromatic N) is 1. The van der Waals surface area contributed by atoms with Crippen LogP contribution in [0.5, 0.6) is 0 Å². The average Bonchev–Trinajstić information content (AvgIpc) is 2.55. The molecular formula is C11H16N2O3. The van der Waals surface area contributed by atoms with Crippen LogP contribution in [0.4, 0.5) is 0 Å². The molecule has 0 saturated carbocycles. The summed E-state index contributed by atoms with van der Waals surface area (Å²) in [7, 11) is 0. The molecule has 1 aliphatic heterocycles. The first-order chi connectivity index (χ1) is 7.77. The van der Waals surface area contributed by atoms with Gasteiger partial charge in [0.25, 0.3) is 0 Å². The summed E-state index contributed by atoms with van der Waals surface area (Å²) in [5.41, 5.74) is 0.759. The maximum Gasteiger partial charge on any atom is 0.372 e. The molecule has 0 bridgehead atoms. The molecule has 0 amide bonds. The van der Waals surface area contributed by atoms with Gasteiger partial charge >= 0.3 is 5.97 Å². The highest BCUT2D eigenvalue weighted by molar-refractivity contribution is 5.86. The summed E-state index contributed by atoms with van der Waals surface area (Å²) in [6.45, 7) is 4.59. The first-order valence-electron chi connectivity index (χ1n) is 5.50. The van der Waals surface area contributed by atoms with Crippen molar-refractivity contribution in [3.63, 3.8) is 0 Å². The Bertz CT molecular complexity index is 354.